The number of hydrazine groups is 1. The Kier molecular flexibility index (Phi) is 6.77. The number of benzene rings is 1. The lowest BCUT2D eigenvalue weighted by Gasteiger charge is -2.36. The van der Waals surface area contributed by atoms with E-state index in [9.17, 15) is 13.2 Å². The van der Waals surface area contributed by atoms with E-state index in [4.69, 9.17) is 4.74 Å². The van der Waals surface area contributed by atoms with Crippen LogP contribution in [0.15, 0.2) is 48.7 Å². The number of carbonyl (C=O) groups excluding carboxylic acids is 1. The van der Waals surface area contributed by atoms with Crippen LogP contribution in [-0.2, 0) is 14.8 Å². The van der Waals surface area contributed by atoms with Crippen LogP contribution in [0, 0.1) is 0 Å². The van der Waals surface area contributed by atoms with Crippen molar-refractivity contribution in [1.29, 1.82) is 0 Å². The minimum atomic E-state index is -3.73. The van der Waals surface area contributed by atoms with Gasteiger partial charge in [-0.2, -0.15) is 0 Å². The fourth-order valence-corrected chi connectivity index (χ4v) is 5.11. The van der Waals surface area contributed by atoms with Crippen LogP contribution in [0.3, 0.4) is 0 Å². The van der Waals surface area contributed by atoms with Crippen LogP contribution < -0.4 is 25.2 Å². The number of hydrogen-bond acceptors (Lipinski definition) is 8. The number of nitrogens with one attached hydrogen (secondary N) is 3. The van der Waals surface area contributed by atoms with Crippen molar-refractivity contribution in [3.05, 3.63) is 48.7 Å². The molecular weight excluding hydrogens is 432 g/mol. The summed E-state index contributed by atoms with van der Waals surface area (Å²) in [5.41, 5.74) is 6.06. The van der Waals surface area contributed by atoms with Crippen molar-refractivity contribution in [3.63, 3.8) is 0 Å². The molecule has 11 heteroatoms. The summed E-state index contributed by atoms with van der Waals surface area (Å²) >= 11 is 0. The van der Waals surface area contributed by atoms with Gasteiger partial charge in [0, 0.05) is 44.5 Å². The highest BCUT2D eigenvalue weighted by atomic mass is 32.2. The fourth-order valence-electron chi connectivity index (χ4n) is 3.83. The molecule has 1 amide bonds. The maximum Gasteiger partial charge on any atom is 0.250 e. The summed E-state index contributed by atoms with van der Waals surface area (Å²) < 4.78 is 33.5. The van der Waals surface area contributed by atoms with Crippen LogP contribution in [0.5, 0.6) is 5.75 Å². The number of pyridine rings is 1. The lowest BCUT2D eigenvalue weighted by atomic mass is 10.2. The number of anilines is 2. The summed E-state index contributed by atoms with van der Waals surface area (Å²) in [7, 11) is -3.73. The van der Waals surface area contributed by atoms with E-state index in [0.717, 1.165) is 5.82 Å². The maximum atomic E-state index is 12.9. The number of nitrogens with zero attached hydrogens (tertiary/aromatic N) is 3. The first-order valence-corrected chi connectivity index (χ1v) is 12.2. The number of sulfonamides is 1. The zero-order valence-electron chi connectivity index (χ0n) is 17.9. The Hall–Kier alpha value is -2.89. The quantitative estimate of drug-likeness (QED) is 0.555. The van der Waals surface area contributed by atoms with E-state index >= 15 is 0 Å². The second-order valence-electron chi connectivity index (χ2n) is 7.67. The molecular formula is C21H28N6O4S. The van der Waals surface area contributed by atoms with Crippen LogP contribution in [0.1, 0.15) is 13.3 Å². The second kappa shape index (κ2) is 9.72. The van der Waals surface area contributed by atoms with E-state index in [1.807, 2.05) is 25.1 Å². The number of piperazine rings is 1. The van der Waals surface area contributed by atoms with Crippen molar-refractivity contribution in [3.8, 4) is 5.75 Å². The average Bonchev–Trinajstić information content (AvgIpc) is 3.32. The van der Waals surface area contributed by atoms with Crippen LogP contribution in [0.4, 0.5) is 11.5 Å². The minimum Gasteiger partial charge on any atom is -0.494 e. The van der Waals surface area contributed by atoms with E-state index in [1.54, 1.807) is 35.4 Å². The first kappa shape index (κ1) is 22.3. The first-order chi connectivity index (χ1) is 15.5. The van der Waals surface area contributed by atoms with Gasteiger partial charge < -0.3 is 14.5 Å². The molecule has 2 aliphatic rings. The number of rotatable bonds is 7. The van der Waals surface area contributed by atoms with Gasteiger partial charge in [-0.25, -0.2) is 24.3 Å². The molecule has 2 fully saturated rings. The van der Waals surface area contributed by atoms with Crippen molar-refractivity contribution in [2.45, 2.75) is 24.8 Å². The SMILES string of the molecule is CCOc1ccc(NS(=O)(=O)C2CC(C(=O)N3CCN(c4ccccn4)CC3)NN2)cc1. The van der Waals surface area contributed by atoms with Gasteiger partial charge in [0.1, 0.15) is 23.0 Å². The van der Waals surface area contributed by atoms with Gasteiger partial charge in [-0.15, -0.1) is 0 Å². The summed E-state index contributed by atoms with van der Waals surface area (Å²) in [6.07, 6.45) is 1.90. The fraction of sp³-hybridized carbons (Fsp3) is 0.429. The summed E-state index contributed by atoms with van der Waals surface area (Å²) in [6, 6.07) is 11.9. The maximum absolute atomic E-state index is 12.9. The molecule has 32 heavy (non-hydrogen) atoms. The Morgan fingerprint density at radius 1 is 1.12 bits per heavy atom. The zero-order valence-corrected chi connectivity index (χ0v) is 18.7. The Bertz CT molecular complexity index is 1010. The largest absolute Gasteiger partial charge is 0.494 e. The zero-order chi connectivity index (χ0) is 22.6. The van der Waals surface area contributed by atoms with Crippen LogP contribution in [-0.4, -0.2) is 68.4 Å². The van der Waals surface area contributed by atoms with Crippen LogP contribution in [0.2, 0.25) is 0 Å². The molecule has 2 atom stereocenters. The van der Waals surface area contributed by atoms with Gasteiger partial charge in [0.05, 0.1) is 6.61 Å². The Morgan fingerprint density at radius 3 is 2.53 bits per heavy atom. The number of aromatic nitrogens is 1. The molecule has 2 aromatic rings. The molecule has 0 bridgehead atoms. The van der Waals surface area contributed by atoms with E-state index < -0.39 is 21.4 Å². The molecule has 0 radical (unpaired) electrons. The van der Waals surface area contributed by atoms with Gasteiger partial charge in [-0.1, -0.05) is 6.07 Å². The average molecular weight is 461 g/mol. The number of hydrogen-bond donors (Lipinski definition) is 3. The molecule has 2 saturated heterocycles. The summed E-state index contributed by atoms with van der Waals surface area (Å²) in [5, 5.41) is -0.919. The third-order valence-corrected chi connectivity index (χ3v) is 7.11. The predicted octanol–water partition coefficient (Wildman–Crippen LogP) is 0.763. The van der Waals surface area contributed by atoms with Gasteiger partial charge in [-0.05, 0) is 43.3 Å². The van der Waals surface area contributed by atoms with E-state index in [2.05, 4.69) is 25.5 Å². The molecule has 3 N–H and O–H groups in total. The molecule has 1 aromatic heterocycles. The number of carbonyl (C=O) groups is 1. The van der Waals surface area contributed by atoms with Gasteiger partial charge >= 0.3 is 0 Å². The highest BCUT2D eigenvalue weighted by molar-refractivity contribution is 7.93. The van der Waals surface area contributed by atoms with E-state index in [1.165, 1.54) is 0 Å². The van der Waals surface area contributed by atoms with Crippen LogP contribution >= 0.6 is 0 Å². The molecule has 2 unspecified atom stereocenters. The highest BCUT2D eigenvalue weighted by Crippen LogP contribution is 2.21. The first-order valence-electron chi connectivity index (χ1n) is 10.7. The van der Waals surface area contributed by atoms with E-state index in [-0.39, 0.29) is 12.3 Å². The molecule has 0 aliphatic carbocycles. The minimum absolute atomic E-state index is 0.100. The number of ether oxygens (including phenoxy) is 1. The molecule has 2 aliphatic heterocycles. The monoisotopic (exact) mass is 460 g/mol. The summed E-state index contributed by atoms with van der Waals surface area (Å²) in [4.78, 5) is 21.2. The predicted molar refractivity (Wildman–Crippen MR) is 122 cm³/mol. The summed E-state index contributed by atoms with van der Waals surface area (Å²) in [6.45, 7) is 4.92. The van der Waals surface area contributed by atoms with Gasteiger partial charge in [0.2, 0.25) is 15.9 Å². The molecule has 172 valence electrons. The molecule has 3 heterocycles. The second-order valence-corrected chi connectivity index (χ2v) is 9.53. The molecule has 0 spiro atoms. The Balaban J connectivity index is 1.30. The summed E-state index contributed by atoms with van der Waals surface area (Å²) in [5.74, 6) is 1.47. The molecule has 4 rings (SSSR count). The standard InChI is InChI=1S/C21H28N6O4S/c1-2-31-17-8-6-16(7-9-17)25-32(29,30)20-15-18(23-24-20)21(28)27-13-11-26(12-14-27)19-5-3-4-10-22-19/h3-10,18,20,23-25H,2,11-15H2,1H3. The van der Waals surface area contributed by atoms with Crippen molar-refractivity contribution in [2.24, 2.45) is 0 Å². The van der Waals surface area contributed by atoms with E-state index in [0.29, 0.717) is 44.2 Å². The van der Waals surface area contributed by atoms with Crippen molar-refractivity contribution < 1.29 is 17.9 Å². The Labute approximate surface area is 188 Å². The smallest absolute Gasteiger partial charge is 0.250 e. The molecule has 10 nitrogen and oxygen atoms in total. The normalized spacial score (nSPS) is 21.4. The van der Waals surface area contributed by atoms with Crippen molar-refractivity contribution in [1.82, 2.24) is 20.7 Å². The molecule has 1 aromatic carbocycles. The third kappa shape index (κ3) is 5.12. The lowest BCUT2D eigenvalue weighted by Crippen LogP contribution is -2.53. The molecule has 0 saturated carbocycles. The number of amides is 1. The van der Waals surface area contributed by atoms with Crippen molar-refractivity contribution >= 4 is 27.4 Å². The lowest BCUT2D eigenvalue weighted by molar-refractivity contribution is -0.133. The van der Waals surface area contributed by atoms with Crippen LogP contribution in [0.25, 0.3) is 0 Å². The third-order valence-electron chi connectivity index (χ3n) is 5.53. The topological polar surface area (TPSA) is 116 Å². The van der Waals surface area contributed by atoms with Gasteiger partial charge in [0.25, 0.3) is 0 Å². The highest BCUT2D eigenvalue weighted by Gasteiger charge is 2.39. The Morgan fingerprint density at radius 2 is 1.88 bits per heavy atom. The van der Waals surface area contributed by atoms with Gasteiger partial charge in [-0.3, -0.25) is 9.52 Å². The van der Waals surface area contributed by atoms with Gasteiger partial charge in [0.15, 0.2) is 0 Å². The van der Waals surface area contributed by atoms with Crippen molar-refractivity contribution in [2.75, 3.05) is 42.4 Å².